The van der Waals surface area contributed by atoms with E-state index in [1.165, 1.54) is 0 Å². The van der Waals surface area contributed by atoms with Crippen molar-refractivity contribution in [2.45, 2.75) is 149 Å². The van der Waals surface area contributed by atoms with Gasteiger partial charge >= 0.3 is 5.97 Å². The smallest absolute Gasteiger partial charge is 0.303 e. The standard InChI is InChI=1S/C42H73N3O29/c46-15-19-27(55)31(59)35(63)39(71-19)67-9-5-43(6-10-68-40-36(64)32(60)28(56)20(16-47)72-40)24(51)13-45(23(50)3-1-2-4-26(53)54)14-25(52)44(7-11-69-41-37(65)33(61)29(57)21(17-48)73-41)8-12-70-42-38(66)34(62)30(58)22(18-49)74-42/h19-22,27-42,46-49,55-66H,1-18H2,(H,53,54)/t19-,20-,21-,22-,27-,28-,29-,30-,31+,32+,33+,34+,35+,36+,37+,38+,39+,40+,41+,42+/m1/s1. The summed E-state index contributed by atoms with van der Waals surface area (Å²) in [5.41, 5.74) is 0. The number of amides is 3. The Morgan fingerprint density at radius 3 is 0.851 bits per heavy atom. The molecule has 0 bridgehead atoms. The van der Waals surface area contributed by atoms with E-state index in [-0.39, 0.29) is 19.3 Å². The molecule has 0 radical (unpaired) electrons. The van der Waals surface area contributed by atoms with Crippen molar-refractivity contribution in [1.82, 2.24) is 14.7 Å². The van der Waals surface area contributed by atoms with Crippen molar-refractivity contribution in [1.29, 1.82) is 0 Å². The molecule has 4 aliphatic rings. The first-order valence-corrected chi connectivity index (χ1v) is 23.8. The van der Waals surface area contributed by atoms with E-state index < -0.39 is 245 Å². The third kappa shape index (κ3) is 17.2. The Kier molecular flexibility index (Phi) is 26.4. The monoisotopic (exact) mass is 1080 g/mol. The number of carbonyl (C=O) groups excluding carboxylic acids is 3. The van der Waals surface area contributed by atoms with Crippen LogP contribution in [0.5, 0.6) is 0 Å². The molecule has 430 valence electrons. The molecule has 0 aromatic rings. The lowest BCUT2D eigenvalue weighted by molar-refractivity contribution is -0.303. The Morgan fingerprint density at radius 2 is 0.608 bits per heavy atom. The third-order valence-corrected chi connectivity index (χ3v) is 12.7. The highest BCUT2D eigenvalue weighted by Gasteiger charge is 2.47. The van der Waals surface area contributed by atoms with E-state index in [9.17, 15) is 101 Å². The number of aliphatic hydroxyl groups is 16. The van der Waals surface area contributed by atoms with Gasteiger partial charge in [-0.15, -0.1) is 0 Å². The lowest BCUT2D eigenvalue weighted by atomic mass is 9.99. The van der Waals surface area contributed by atoms with Crippen molar-refractivity contribution in [3.8, 4) is 0 Å². The number of aliphatic hydroxyl groups excluding tert-OH is 16. The maximum atomic E-state index is 14.3. The number of hydrogen-bond acceptors (Lipinski definition) is 28. The topological polar surface area (TPSA) is 496 Å². The molecule has 0 spiro atoms. The maximum absolute atomic E-state index is 14.3. The average molecular weight is 1080 g/mol. The van der Waals surface area contributed by atoms with Crippen molar-refractivity contribution in [2.24, 2.45) is 0 Å². The molecule has 3 amide bonds. The quantitative estimate of drug-likeness (QED) is 0.0309. The predicted molar refractivity (Wildman–Crippen MR) is 235 cm³/mol. The summed E-state index contributed by atoms with van der Waals surface area (Å²) in [6.45, 7) is -8.85. The van der Waals surface area contributed by atoms with Crippen LogP contribution in [0.1, 0.15) is 25.7 Å². The number of hydrogen-bond donors (Lipinski definition) is 17. The molecule has 32 nitrogen and oxygen atoms in total. The number of nitrogens with zero attached hydrogens (tertiary/aromatic N) is 3. The number of unbranched alkanes of at least 4 members (excludes halogenated alkanes) is 1. The van der Waals surface area contributed by atoms with Crippen molar-refractivity contribution >= 4 is 23.7 Å². The van der Waals surface area contributed by atoms with Gasteiger partial charge in [-0.05, 0) is 12.8 Å². The summed E-state index contributed by atoms with van der Waals surface area (Å²) in [4.78, 5) is 56.5. The lowest BCUT2D eigenvalue weighted by Crippen LogP contribution is -2.59. The Hall–Kier alpha value is -3.08. The van der Waals surface area contributed by atoms with Gasteiger partial charge in [-0.1, -0.05) is 0 Å². The minimum absolute atomic E-state index is 0.00419. The molecule has 20 atom stereocenters. The summed E-state index contributed by atoms with van der Waals surface area (Å²) in [5, 5.41) is 171. The van der Waals surface area contributed by atoms with Crippen LogP contribution in [0.15, 0.2) is 0 Å². The van der Waals surface area contributed by atoms with Crippen LogP contribution >= 0.6 is 0 Å². The molecule has 4 saturated heterocycles. The van der Waals surface area contributed by atoms with Crippen LogP contribution in [0.3, 0.4) is 0 Å². The molecule has 74 heavy (non-hydrogen) atoms. The largest absolute Gasteiger partial charge is 0.481 e. The number of carboxylic acid groups (broad SMARTS) is 1. The van der Waals surface area contributed by atoms with Gasteiger partial charge in [-0.3, -0.25) is 19.2 Å². The van der Waals surface area contributed by atoms with Gasteiger partial charge in [0.1, 0.15) is 111 Å². The molecule has 0 unspecified atom stereocenters. The Balaban J connectivity index is 1.57. The van der Waals surface area contributed by atoms with Crippen LogP contribution in [0.25, 0.3) is 0 Å². The molecule has 0 aliphatic carbocycles. The molecule has 17 N–H and O–H groups in total. The van der Waals surface area contributed by atoms with E-state index in [2.05, 4.69) is 0 Å². The Morgan fingerprint density at radius 1 is 0.351 bits per heavy atom. The second-order valence-corrected chi connectivity index (χ2v) is 17.9. The van der Waals surface area contributed by atoms with Gasteiger partial charge in [-0.25, -0.2) is 0 Å². The van der Waals surface area contributed by atoms with Crippen LogP contribution in [0, 0.1) is 0 Å². The van der Waals surface area contributed by atoms with E-state index in [1.54, 1.807) is 0 Å². The number of ether oxygens (including phenoxy) is 8. The summed E-state index contributed by atoms with van der Waals surface area (Å²) in [7, 11) is 0. The van der Waals surface area contributed by atoms with Gasteiger partial charge < -0.3 is 139 Å². The Labute approximate surface area is 422 Å². The Bertz CT molecular complexity index is 1520. The van der Waals surface area contributed by atoms with Gasteiger partial charge in [0.25, 0.3) is 0 Å². The fraction of sp³-hybridized carbons (Fsp3) is 0.905. The van der Waals surface area contributed by atoms with Gasteiger partial charge in [0.2, 0.25) is 17.7 Å². The van der Waals surface area contributed by atoms with Gasteiger partial charge in [0, 0.05) is 39.0 Å². The van der Waals surface area contributed by atoms with E-state index >= 15 is 0 Å². The molecular weight excluding hydrogens is 1010 g/mol. The molecule has 4 rings (SSSR count). The summed E-state index contributed by atoms with van der Waals surface area (Å²) < 4.78 is 43.7. The molecule has 0 aromatic heterocycles. The highest BCUT2D eigenvalue weighted by atomic mass is 16.7. The highest BCUT2D eigenvalue weighted by molar-refractivity contribution is 5.89. The van der Waals surface area contributed by atoms with Crippen molar-refractivity contribution < 1.29 is 144 Å². The van der Waals surface area contributed by atoms with Crippen molar-refractivity contribution in [3.63, 3.8) is 0 Å². The van der Waals surface area contributed by atoms with Crippen molar-refractivity contribution in [2.75, 3.05) is 92.1 Å². The normalized spacial score (nSPS) is 36.5. The SMILES string of the molecule is O=C(O)CCCCC(=O)N(CC(=O)N(CCO[C@H]1O[C@H](CO)[C@@H](O)[C@H](O)[C@@H]1O)CCO[C@H]1O[C@H](CO)[C@@H](O)[C@H](O)[C@@H]1O)CC(=O)N(CCO[C@H]1O[C@H](CO)[C@@H](O)[C@H](O)[C@@H]1O)CCO[C@H]1O[C@H](CO)[C@@H](O)[C@H](O)[C@@H]1O. The van der Waals surface area contributed by atoms with Gasteiger partial charge in [0.05, 0.1) is 52.9 Å². The third-order valence-electron chi connectivity index (χ3n) is 12.7. The molecule has 0 aromatic carbocycles. The number of aliphatic carboxylic acids is 1. The van der Waals surface area contributed by atoms with Crippen LogP contribution < -0.4 is 0 Å². The van der Waals surface area contributed by atoms with E-state index in [0.717, 1.165) is 14.7 Å². The van der Waals surface area contributed by atoms with E-state index in [4.69, 9.17) is 43.0 Å². The minimum Gasteiger partial charge on any atom is -0.481 e. The minimum atomic E-state index is -1.85. The summed E-state index contributed by atoms with van der Waals surface area (Å²) in [6, 6.07) is 0. The number of carboxylic acids is 1. The zero-order valence-electron chi connectivity index (χ0n) is 40.1. The molecule has 4 heterocycles. The van der Waals surface area contributed by atoms with E-state index in [1.807, 2.05) is 0 Å². The lowest BCUT2D eigenvalue weighted by Gasteiger charge is -2.40. The van der Waals surface area contributed by atoms with Crippen LogP contribution in [-0.4, -0.2) is 340 Å². The summed E-state index contributed by atoms with van der Waals surface area (Å²) in [5.74, 6) is -3.88. The number of carbonyl (C=O) groups is 4. The molecule has 32 heteroatoms. The van der Waals surface area contributed by atoms with E-state index in [0.29, 0.717) is 0 Å². The highest BCUT2D eigenvalue weighted by Crippen LogP contribution is 2.26. The van der Waals surface area contributed by atoms with Crippen LogP contribution in [0.4, 0.5) is 0 Å². The van der Waals surface area contributed by atoms with Gasteiger partial charge in [0.15, 0.2) is 25.2 Å². The maximum Gasteiger partial charge on any atom is 0.303 e. The second-order valence-electron chi connectivity index (χ2n) is 17.9. The predicted octanol–water partition coefficient (Wildman–Crippen LogP) is -11.6. The van der Waals surface area contributed by atoms with Crippen LogP contribution in [-0.2, 0) is 57.1 Å². The zero-order valence-corrected chi connectivity index (χ0v) is 40.1. The second kappa shape index (κ2) is 30.8. The zero-order chi connectivity index (χ0) is 55.0. The first-order valence-electron chi connectivity index (χ1n) is 23.8. The number of rotatable bonds is 29. The molecule has 4 fully saturated rings. The molecule has 4 aliphatic heterocycles. The molecular formula is C42H73N3O29. The first-order chi connectivity index (χ1) is 35.1. The van der Waals surface area contributed by atoms with Crippen molar-refractivity contribution in [3.05, 3.63) is 0 Å². The van der Waals surface area contributed by atoms with Gasteiger partial charge in [-0.2, -0.15) is 0 Å². The fourth-order valence-electron chi connectivity index (χ4n) is 8.13. The summed E-state index contributed by atoms with van der Waals surface area (Å²) in [6.07, 6.45) is -34.5. The first kappa shape index (κ1) is 63.5. The summed E-state index contributed by atoms with van der Waals surface area (Å²) >= 11 is 0. The van der Waals surface area contributed by atoms with Crippen LogP contribution in [0.2, 0.25) is 0 Å². The fourth-order valence-corrected chi connectivity index (χ4v) is 8.13. The average Bonchev–Trinajstić information content (AvgIpc) is 3.38. The molecule has 0 saturated carbocycles.